The van der Waals surface area contributed by atoms with Gasteiger partial charge in [0, 0.05) is 28.3 Å². The van der Waals surface area contributed by atoms with E-state index in [-0.39, 0.29) is 33.8 Å². The van der Waals surface area contributed by atoms with Gasteiger partial charge in [-0.1, -0.05) is 18.2 Å². The lowest BCUT2D eigenvalue weighted by atomic mass is 9.74. The molecule has 1 spiro atoms. The molecule has 5 N–H and O–H groups in total. The van der Waals surface area contributed by atoms with Crippen molar-refractivity contribution in [2.45, 2.75) is 17.9 Å². The van der Waals surface area contributed by atoms with E-state index in [2.05, 4.69) is 0 Å². The molecular formula is C25H16O11. The molecule has 0 bridgehead atoms. The molecule has 0 aromatic heterocycles. The Morgan fingerprint density at radius 1 is 0.861 bits per heavy atom. The maximum Gasteiger partial charge on any atom is 0.343 e. The van der Waals surface area contributed by atoms with Crippen LogP contribution in [0, 0.1) is 0 Å². The smallest absolute Gasteiger partial charge is 0.343 e. The third-order valence-electron chi connectivity index (χ3n) is 6.58. The average molecular weight is 492 g/mol. The fourth-order valence-electron chi connectivity index (χ4n) is 4.69. The van der Waals surface area contributed by atoms with Crippen LogP contribution >= 0.6 is 0 Å². The van der Waals surface area contributed by atoms with Gasteiger partial charge in [-0.2, -0.15) is 0 Å². The molecule has 0 radical (unpaired) electrons. The molecule has 2 aliphatic heterocycles. The van der Waals surface area contributed by atoms with Crippen LogP contribution in [0.5, 0.6) is 23.0 Å². The van der Waals surface area contributed by atoms with Crippen LogP contribution in [-0.4, -0.2) is 49.4 Å². The molecule has 11 nitrogen and oxygen atoms in total. The molecular weight excluding hydrogens is 476 g/mol. The van der Waals surface area contributed by atoms with Crippen LogP contribution in [0.15, 0.2) is 48.5 Å². The Bertz CT molecular complexity index is 1520. The quantitative estimate of drug-likeness (QED) is 0.266. The predicted octanol–water partition coefficient (Wildman–Crippen LogP) is 2.79. The summed E-state index contributed by atoms with van der Waals surface area (Å²) in [6, 6.07) is 10.5. The first-order valence-electron chi connectivity index (χ1n) is 10.4. The van der Waals surface area contributed by atoms with E-state index in [9.17, 15) is 44.7 Å². The highest BCUT2D eigenvalue weighted by Gasteiger charge is 2.56. The normalized spacial score (nSPS) is 17.4. The number of carboxylic acids is 3. The number of hydrogen-bond acceptors (Lipinski definition) is 8. The van der Waals surface area contributed by atoms with E-state index in [0.29, 0.717) is 0 Å². The zero-order valence-corrected chi connectivity index (χ0v) is 18.3. The summed E-state index contributed by atoms with van der Waals surface area (Å²) >= 11 is 0. The minimum Gasteiger partial charge on any atom is -0.507 e. The summed E-state index contributed by atoms with van der Waals surface area (Å²) in [6.07, 6.45) is 0. The molecule has 0 saturated carbocycles. The van der Waals surface area contributed by atoms with Gasteiger partial charge in [0.15, 0.2) is 16.8 Å². The molecule has 11 heteroatoms. The summed E-state index contributed by atoms with van der Waals surface area (Å²) in [6.45, 7) is 0.887. The van der Waals surface area contributed by atoms with E-state index in [1.54, 1.807) is 12.1 Å². The number of aliphatic carboxylic acids is 2. The van der Waals surface area contributed by atoms with Crippen molar-refractivity contribution in [2.75, 3.05) is 0 Å². The Balaban J connectivity index is 1.94. The summed E-state index contributed by atoms with van der Waals surface area (Å²) in [7, 11) is 0. The second-order valence-corrected chi connectivity index (χ2v) is 8.46. The Labute approximate surface area is 201 Å². The van der Waals surface area contributed by atoms with Crippen LogP contribution in [0.3, 0.4) is 0 Å². The van der Waals surface area contributed by atoms with Gasteiger partial charge in [-0.05, 0) is 31.2 Å². The first kappa shape index (κ1) is 22.7. The predicted molar refractivity (Wildman–Crippen MR) is 118 cm³/mol. The lowest BCUT2D eigenvalue weighted by Gasteiger charge is -2.38. The summed E-state index contributed by atoms with van der Waals surface area (Å²) in [5.41, 5.74) is -5.36. The van der Waals surface area contributed by atoms with Gasteiger partial charge in [0.1, 0.15) is 22.8 Å². The van der Waals surface area contributed by atoms with Crippen LogP contribution in [0.4, 0.5) is 0 Å². The number of ether oxygens (including phenoxy) is 2. The first-order valence-corrected chi connectivity index (χ1v) is 10.4. The van der Waals surface area contributed by atoms with Crippen molar-refractivity contribution < 1.29 is 54.2 Å². The highest BCUT2D eigenvalue weighted by atomic mass is 16.6. The SMILES string of the molecule is CC(C(=O)O)(C(=O)O)c1cc2c(cc1O)Oc1c(ccc(O)c1C(=O)O)C21OC(=O)c2ccccc21. The Morgan fingerprint density at radius 2 is 1.53 bits per heavy atom. The van der Waals surface area contributed by atoms with Gasteiger partial charge in [-0.25, -0.2) is 9.59 Å². The summed E-state index contributed by atoms with van der Waals surface area (Å²) in [4.78, 5) is 48.9. The molecule has 0 fully saturated rings. The second-order valence-electron chi connectivity index (χ2n) is 8.46. The van der Waals surface area contributed by atoms with Crippen LogP contribution in [0.2, 0.25) is 0 Å². The van der Waals surface area contributed by atoms with Gasteiger partial charge in [-0.3, -0.25) is 9.59 Å². The number of benzene rings is 3. The van der Waals surface area contributed by atoms with Crippen molar-refractivity contribution in [2.24, 2.45) is 0 Å². The lowest BCUT2D eigenvalue weighted by molar-refractivity contribution is -0.156. The third kappa shape index (κ3) is 2.67. The van der Waals surface area contributed by atoms with E-state index in [1.807, 2.05) is 0 Å². The zero-order valence-electron chi connectivity index (χ0n) is 18.3. The molecule has 3 aromatic rings. The van der Waals surface area contributed by atoms with Crippen molar-refractivity contribution >= 4 is 23.9 Å². The number of aromatic carboxylic acids is 1. The molecule has 182 valence electrons. The average Bonchev–Trinajstić information content (AvgIpc) is 3.10. The maximum absolute atomic E-state index is 12.9. The second kappa shape index (κ2) is 7.22. The van der Waals surface area contributed by atoms with Gasteiger partial charge >= 0.3 is 23.9 Å². The highest BCUT2D eigenvalue weighted by Crippen LogP contribution is 2.59. The van der Waals surface area contributed by atoms with E-state index in [0.717, 1.165) is 25.1 Å². The molecule has 0 saturated heterocycles. The van der Waals surface area contributed by atoms with E-state index in [1.165, 1.54) is 18.2 Å². The minimum absolute atomic E-state index is 0.00695. The molecule has 36 heavy (non-hydrogen) atoms. The number of phenols is 2. The molecule has 1 atom stereocenters. The number of carbonyl (C=O) groups is 4. The molecule has 1 unspecified atom stereocenters. The van der Waals surface area contributed by atoms with Gasteiger partial charge < -0.3 is 35.0 Å². The summed E-state index contributed by atoms with van der Waals surface area (Å²) in [5, 5.41) is 50.1. The standard InChI is InChI=1S/C25H16O11/c1-24(22(31)32,23(33)34)13-8-14-17(9-16(13)27)35-19-12(6-7-15(26)18(19)20(28)29)25(14)11-5-3-2-4-10(11)21(30)36-25/h2-9,26-27H,1H3,(H,28,29)(H,31,32)(H,33,34). The fourth-order valence-corrected chi connectivity index (χ4v) is 4.69. The Hall–Kier alpha value is -5.06. The minimum atomic E-state index is -2.61. The molecule has 0 amide bonds. The van der Waals surface area contributed by atoms with Crippen LogP contribution < -0.4 is 4.74 Å². The van der Waals surface area contributed by atoms with Crippen molar-refractivity contribution in [3.05, 3.63) is 81.9 Å². The number of esters is 1. The van der Waals surface area contributed by atoms with Crippen LogP contribution in [0.1, 0.15) is 49.9 Å². The zero-order chi connectivity index (χ0) is 26.2. The van der Waals surface area contributed by atoms with Gasteiger partial charge in [-0.15, -0.1) is 0 Å². The van der Waals surface area contributed by atoms with Crippen molar-refractivity contribution in [1.82, 2.24) is 0 Å². The van der Waals surface area contributed by atoms with E-state index < -0.39 is 57.5 Å². The molecule has 2 aliphatic rings. The monoisotopic (exact) mass is 492 g/mol. The van der Waals surface area contributed by atoms with Crippen molar-refractivity contribution in [3.63, 3.8) is 0 Å². The highest BCUT2D eigenvalue weighted by molar-refractivity contribution is 6.05. The number of fused-ring (bicyclic) bond motifs is 6. The number of carboxylic acid groups (broad SMARTS) is 3. The van der Waals surface area contributed by atoms with Crippen molar-refractivity contribution in [3.8, 4) is 23.0 Å². The van der Waals surface area contributed by atoms with E-state index in [4.69, 9.17) is 9.47 Å². The van der Waals surface area contributed by atoms with Gasteiger partial charge in [0.05, 0.1) is 5.56 Å². The summed E-state index contributed by atoms with van der Waals surface area (Å²) in [5.74, 6) is -7.88. The lowest BCUT2D eigenvalue weighted by Crippen LogP contribution is -2.41. The number of phenolic OH excluding ortho intramolecular Hbond substituents is 1. The van der Waals surface area contributed by atoms with Crippen LogP contribution in [0.25, 0.3) is 0 Å². The Kier molecular flexibility index (Phi) is 4.56. The number of hydrogen-bond donors (Lipinski definition) is 5. The molecule has 5 rings (SSSR count). The number of carbonyl (C=O) groups excluding carboxylic acids is 1. The molecule has 0 aliphatic carbocycles. The Morgan fingerprint density at radius 3 is 2.17 bits per heavy atom. The first-order chi connectivity index (χ1) is 16.9. The summed E-state index contributed by atoms with van der Waals surface area (Å²) < 4.78 is 11.6. The topological polar surface area (TPSA) is 188 Å². The van der Waals surface area contributed by atoms with Gasteiger partial charge in [0.2, 0.25) is 0 Å². The van der Waals surface area contributed by atoms with E-state index >= 15 is 0 Å². The van der Waals surface area contributed by atoms with Crippen LogP contribution in [-0.2, 0) is 25.3 Å². The maximum atomic E-state index is 12.9. The number of rotatable bonds is 4. The number of aromatic hydroxyl groups is 2. The largest absolute Gasteiger partial charge is 0.507 e. The fraction of sp³-hybridized carbons (Fsp3) is 0.120. The molecule has 3 aromatic carbocycles. The third-order valence-corrected chi connectivity index (χ3v) is 6.58. The molecule has 2 heterocycles. The van der Waals surface area contributed by atoms with Gasteiger partial charge in [0.25, 0.3) is 0 Å². The van der Waals surface area contributed by atoms with Crippen molar-refractivity contribution in [1.29, 1.82) is 0 Å².